The second kappa shape index (κ2) is 2.81. The largest absolute Gasteiger partial charge is 0.478 e. The zero-order valence-corrected chi connectivity index (χ0v) is 7.29. The van der Waals surface area contributed by atoms with Crippen molar-refractivity contribution in [2.24, 2.45) is 10.9 Å². The first kappa shape index (κ1) is 8.53. The molecule has 0 amide bonds. The number of nitrogens with zero attached hydrogens (tertiary/aromatic N) is 1. The summed E-state index contributed by atoms with van der Waals surface area (Å²) in [5.41, 5.74) is -0.0984. The van der Waals surface area contributed by atoms with E-state index in [1.807, 2.05) is 20.8 Å². The molecule has 0 saturated carbocycles. The molecule has 1 N–H and O–H groups in total. The van der Waals surface area contributed by atoms with Gasteiger partial charge in [-0.25, -0.2) is 4.99 Å². The molecule has 64 valence electrons. The Morgan fingerprint density at radius 2 is 2.36 bits per heavy atom. The summed E-state index contributed by atoms with van der Waals surface area (Å²) in [6.45, 7) is 6.68. The van der Waals surface area contributed by atoms with Gasteiger partial charge in [-0.05, 0) is 13.8 Å². The van der Waals surface area contributed by atoms with Crippen molar-refractivity contribution in [3.63, 3.8) is 0 Å². The molecule has 1 atom stereocenters. The summed E-state index contributed by atoms with van der Waals surface area (Å²) in [5.74, 6) is 0.731. The topological polar surface area (TPSA) is 41.8 Å². The molecule has 0 spiro atoms. The number of ether oxygens (including phenoxy) is 1. The zero-order valence-electron chi connectivity index (χ0n) is 7.29. The summed E-state index contributed by atoms with van der Waals surface area (Å²) in [6.07, 6.45) is 0. The van der Waals surface area contributed by atoms with Crippen molar-refractivity contribution < 1.29 is 9.84 Å². The Kier molecular flexibility index (Phi) is 2.18. The van der Waals surface area contributed by atoms with E-state index in [0.717, 1.165) is 0 Å². The van der Waals surface area contributed by atoms with Gasteiger partial charge in [0.05, 0.1) is 18.1 Å². The molecule has 0 fully saturated rings. The maximum atomic E-state index is 8.80. The fourth-order valence-corrected chi connectivity index (χ4v) is 0.944. The van der Waals surface area contributed by atoms with Gasteiger partial charge < -0.3 is 9.84 Å². The fraction of sp³-hybridized carbons (Fsp3) is 0.875. The summed E-state index contributed by atoms with van der Waals surface area (Å²) in [4.78, 5) is 4.33. The minimum Gasteiger partial charge on any atom is -0.478 e. The first-order valence-corrected chi connectivity index (χ1v) is 3.88. The highest BCUT2D eigenvalue weighted by Crippen LogP contribution is 2.19. The van der Waals surface area contributed by atoms with Crippen molar-refractivity contribution in [3.05, 3.63) is 0 Å². The van der Waals surface area contributed by atoms with Crippen molar-refractivity contribution in [2.75, 3.05) is 13.2 Å². The van der Waals surface area contributed by atoms with Crippen LogP contribution in [0.25, 0.3) is 0 Å². The fourth-order valence-electron chi connectivity index (χ4n) is 0.944. The van der Waals surface area contributed by atoms with Gasteiger partial charge in [0.2, 0.25) is 0 Å². The third kappa shape index (κ3) is 1.93. The van der Waals surface area contributed by atoms with E-state index < -0.39 is 0 Å². The zero-order chi connectivity index (χ0) is 8.48. The van der Waals surface area contributed by atoms with Crippen LogP contribution in [0, 0.1) is 5.92 Å². The average Bonchev–Trinajstić information content (AvgIpc) is 2.29. The van der Waals surface area contributed by atoms with E-state index in [1.54, 1.807) is 0 Å². The van der Waals surface area contributed by atoms with Gasteiger partial charge >= 0.3 is 0 Å². The minimum atomic E-state index is -0.0984. The lowest BCUT2D eigenvalue weighted by molar-refractivity contribution is 0.229. The predicted molar refractivity (Wildman–Crippen MR) is 43.7 cm³/mol. The van der Waals surface area contributed by atoms with Crippen LogP contribution in [-0.4, -0.2) is 29.8 Å². The van der Waals surface area contributed by atoms with Crippen LogP contribution in [0.2, 0.25) is 0 Å². The monoisotopic (exact) mass is 157 g/mol. The summed E-state index contributed by atoms with van der Waals surface area (Å²) in [6, 6.07) is 0. The molecule has 0 bridgehead atoms. The highest BCUT2D eigenvalue weighted by Gasteiger charge is 2.28. The van der Waals surface area contributed by atoms with Crippen molar-refractivity contribution in [1.29, 1.82) is 0 Å². The van der Waals surface area contributed by atoms with Gasteiger partial charge in [0.25, 0.3) is 0 Å². The maximum Gasteiger partial charge on any atom is 0.189 e. The molecule has 0 saturated heterocycles. The lowest BCUT2D eigenvalue weighted by atomic mass is 10.1. The van der Waals surface area contributed by atoms with Crippen LogP contribution in [0.4, 0.5) is 0 Å². The Bertz CT molecular complexity index is 175. The summed E-state index contributed by atoms with van der Waals surface area (Å²) >= 11 is 0. The van der Waals surface area contributed by atoms with Crippen LogP contribution in [0.5, 0.6) is 0 Å². The van der Waals surface area contributed by atoms with Crippen LogP contribution in [-0.2, 0) is 4.74 Å². The van der Waals surface area contributed by atoms with E-state index in [9.17, 15) is 0 Å². The van der Waals surface area contributed by atoms with Crippen LogP contribution in [0.3, 0.4) is 0 Å². The van der Waals surface area contributed by atoms with E-state index in [4.69, 9.17) is 9.84 Å². The van der Waals surface area contributed by atoms with Gasteiger partial charge in [-0.15, -0.1) is 0 Å². The van der Waals surface area contributed by atoms with Crippen LogP contribution in [0.1, 0.15) is 20.8 Å². The quantitative estimate of drug-likeness (QED) is 0.644. The Balaban J connectivity index is 2.62. The number of aliphatic hydroxyl groups is 1. The van der Waals surface area contributed by atoms with E-state index in [-0.39, 0.29) is 18.1 Å². The predicted octanol–water partition coefficient (Wildman–Crippen LogP) is 0.822. The van der Waals surface area contributed by atoms with E-state index in [1.165, 1.54) is 0 Å². The Hall–Kier alpha value is -0.570. The lowest BCUT2D eigenvalue weighted by Gasteiger charge is -2.07. The molecule has 0 aromatic heterocycles. The number of rotatable bonds is 2. The van der Waals surface area contributed by atoms with Crippen molar-refractivity contribution in [2.45, 2.75) is 26.3 Å². The normalized spacial score (nSPS) is 24.2. The molecule has 0 aromatic carbocycles. The van der Waals surface area contributed by atoms with E-state index >= 15 is 0 Å². The average molecular weight is 157 g/mol. The molecule has 3 heteroatoms. The Morgan fingerprint density at radius 1 is 1.73 bits per heavy atom. The first-order chi connectivity index (χ1) is 5.05. The van der Waals surface area contributed by atoms with E-state index in [0.29, 0.717) is 12.5 Å². The molecular formula is C8H15NO2. The second-order valence-electron chi connectivity index (χ2n) is 3.63. The molecule has 1 rings (SSSR count). The molecule has 1 heterocycles. The van der Waals surface area contributed by atoms with Crippen molar-refractivity contribution >= 4 is 5.90 Å². The van der Waals surface area contributed by atoms with Gasteiger partial charge in [-0.2, -0.15) is 0 Å². The summed E-state index contributed by atoms with van der Waals surface area (Å²) < 4.78 is 5.31. The second-order valence-corrected chi connectivity index (χ2v) is 3.63. The van der Waals surface area contributed by atoms with Gasteiger partial charge in [-0.1, -0.05) is 6.92 Å². The van der Waals surface area contributed by atoms with Gasteiger partial charge in [0.1, 0.15) is 6.61 Å². The standard InChI is InChI=1S/C8H15NO2/c1-6(4-10)7-9-8(2,3)5-11-7/h6,10H,4-5H2,1-3H3. The highest BCUT2D eigenvalue weighted by molar-refractivity contribution is 5.80. The Morgan fingerprint density at radius 3 is 2.73 bits per heavy atom. The molecule has 1 unspecified atom stereocenters. The third-order valence-electron chi connectivity index (χ3n) is 1.68. The van der Waals surface area contributed by atoms with Gasteiger partial charge in [-0.3, -0.25) is 0 Å². The SMILES string of the molecule is CC(CO)C1=NC(C)(C)CO1. The maximum absolute atomic E-state index is 8.80. The molecule has 0 radical (unpaired) electrons. The number of aliphatic hydroxyl groups excluding tert-OH is 1. The summed E-state index contributed by atoms with van der Waals surface area (Å²) in [5, 5.41) is 8.80. The van der Waals surface area contributed by atoms with Gasteiger partial charge in [0, 0.05) is 0 Å². The molecule has 0 aromatic rings. The number of hydrogen-bond acceptors (Lipinski definition) is 3. The molecular weight excluding hydrogens is 142 g/mol. The minimum absolute atomic E-state index is 0.0387. The van der Waals surface area contributed by atoms with Crippen molar-refractivity contribution in [1.82, 2.24) is 0 Å². The Labute approximate surface area is 67.1 Å². The number of aliphatic imine (C=N–C) groups is 1. The molecule has 1 aliphatic heterocycles. The van der Waals surface area contributed by atoms with Crippen LogP contribution < -0.4 is 0 Å². The van der Waals surface area contributed by atoms with E-state index in [2.05, 4.69) is 4.99 Å². The first-order valence-electron chi connectivity index (χ1n) is 3.88. The molecule has 11 heavy (non-hydrogen) atoms. The van der Waals surface area contributed by atoms with Crippen LogP contribution in [0.15, 0.2) is 4.99 Å². The molecule has 0 aliphatic carbocycles. The third-order valence-corrected chi connectivity index (χ3v) is 1.68. The van der Waals surface area contributed by atoms with Gasteiger partial charge in [0.15, 0.2) is 5.90 Å². The number of hydrogen-bond donors (Lipinski definition) is 1. The molecule has 3 nitrogen and oxygen atoms in total. The lowest BCUT2D eigenvalue weighted by Crippen LogP contribution is -2.17. The summed E-state index contributed by atoms with van der Waals surface area (Å²) in [7, 11) is 0. The highest BCUT2D eigenvalue weighted by atomic mass is 16.5. The smallest absolute Gasteiger partial charge is 0.189 e. The van der Waals surface area contributed by atoms with Crippen molar-refractivity contribution in [3.8, 4) is 0 Å². The van der Waals surface area contributed by atoms with Crippen LogP contribution >= 0.6 is 0 Å². The molecule has 1 aliphatic rings.